The van der Waals surface area contributed by atoms with Crippen LogP contribution in [0.15, 0.2) is 75.8 Å². The zero-order valence-corrected chi connectivity index (χ0v) is 31.6. The van der Waals surface area contributed by atoms with Gasteiger partial charge in [0, 0.05) is 46.6 Å². The summed E-state index contributed by atoms with van der Waals surface area (Å²) in [5.74, 6) is -0.977. The van der Waals surface area contributed by atoms with E-state index in [9.17, 15) is 30.7 Å². The summed E-state index contributed by atoms with van der Waals surface area (Å²) in [4.78, 5) is 18.8. The predicted octanol–water partition coefficient (Wildman–Crippen LogP) is 3.78. The quantitative estimate of drug-likeness (QED) is 0.0885. The van der Waals surface area contributed by atoms with Crippen LogP contribution in [0.1, 0.15) is 78.2 Å². The number of fused-ring (bicyclic) bond motifs is 2. The van der Waals surface area contributed by atoms with Gasteiger partial charge in [-0.2, -0.15) is 0 Å². The van der Waals surface area contributed by atoms with Crippen LogP contribution in [0.3, 0.4) is 0 Å². The number of anilines is 1. The van der Waals surface area contributed by atoms with E-state index in [0.717, 1.165) is 17.8 Å². The standard InChI is InChI=1S/C30H35N3O9S2.C6H15N/c1-30(2)23-21-22(44(39,40)41)15-16-24(23)33(19-8-4-7-14-28(34)35)26(30)12-5-3-6-13-27-31-29-25(42-27)11-9-17-32(29)18-10-20-43(36,37)38;1-4-7(5-2)6-3/h3,5-6,9,11-13,15-17,21H,4,7-8,10,14,18-20H2,1-2H3,(H2-,34,35,36,37,38,39,40,41);4-6H2,1-3H3. The van der Waals surface area contributed by atoms with E-state index in [2.05, 4.69) is 30.7 Å². The first-order chi connectivity index (χ1) is 24.0. The number of carboxylic acids is 1. The number of aliphatic carboxylic acids is 1. The normalized spacial score (nSPS) is 15.3. The Labute approximate surface area is 301 Å². The maximum atomic E-state index is 11.7. The number of nitrogens with zero attached hydrogens (tertiary/aromatic N) is 3. The van der Waals surface area contributed by atoms with E-state index in [1.807, 2.05) is 26.0 Å². The first-order valence-electron chi connectivity index (χ1n) is 17.2. The molecule has 1 aromatic carbocycles. The lowest BCUT2D eigenvalue weighted by Crippen LogP contribution is -3.11. The number of unbranched alkanes of at least 4 members (excludes halogenated alkanes) is 2. The molecule has 1 aliphatic rings. The second-order valence-electron chi connectivity index (χ2n) is 12.8. The highest BCUT2D eigenvalue weighted by Crippen LogP contribution is 2.48. The fourth-order valence-electron chi connectivity index (χ4n) is 6.00. The van der Waals surface area contributed by atoms with Gasteiger partial charge in [-0.15, -0.1) is 0 Å². The molecule has 2 N–H and O–H groups in total. The van der Waals surface area contributed by atoms with Crippen molar-refractivity contribution in [3.63, 3.8) is 0 Å². The minimum Gasteiger partial charge on any atom is -0.748 e. The minimum atomic E-state index is -4.64. The van der Waals surface area contributed by atoms with Gasteiger partial charge in [-0.05, 0) is 82.0 Å². The van der Waals surface area contributed by atoms with Gasteiger partial charge in [0.25, 0.3) is 0 Å². The second kappa shape index (κ2) is 18.6. The van der Waals surface area contributed by atoms with Crippen LogP contribution in [0.5, 0.6) is 0 Å². The molecule has 0 radical (unpaired) electrons. The van der Waals surface area contributed by atoms with Gasteiger partial charge < -0.3 is 28.4 Å². The van der Waals surface area contributed by atoms with Crippen molar-refractivity contribution >= 4 is 49.2 Å². The Morgan fingerprint density at radius 1 is 1.00 bits per heavy atom. The number of rotatable bonds is 17. The average molecular weight is 747 g/mol. The van der Waals surface area contributed by atoms with Crippen molar-refractivity contribution in [2.75, 3.05) is 36.8 Å². The van der Waals surface area contributed by atoms with Crippen LogP contribution in [0, 0.1) is 0 Å². The van der Waals surface area contributed by atoms with Crippen LogP contribution in [-0.2, 0) is 37.0 Å². The van der Waals surface area contributed by atoms with Crippen molar-refractivity contribution < 1.29 is 49.7 Å². The predicted molar refractivity (Wildman–Crippen MR) is 193 cm³/mol. The summed E-state index contributed by atoms with van der Waals surface area (Å²) in [6.07, 6.45) is 12.9. The van der Waals surface area contributed by atoms with Gasteiger partial charge in [0.1, 0.15) is 10.1 Å². The van der Waals surface area contributed by atoms with Crippen molar-refractivity contribution in [1.29, 1.82) is 0 Å². The molecule has 3 aromatic rings. The second-order valence-corrected chi connectivity index (χ2v) is 15.7. The number of nitrogens with one attached hydrogen (secondary N) is 1. The SMILES string of the molecule is CC1(C)/C(=C/C=C/C=C/c2nc3c(ccc[n+]3CCCS(=O)(=O)[O-])o2)N(CCCCCC(=O)O)c2ccc(S(=O)(=O)[O-])cc21.CC[NH+](CC)CC. The lowest BCUT2D eigenvalue weighted by atomic mass is 9.83. The maximum absolute atomic E-state index is 11.7. The molecular weight excluding hydrogens is 697 g/mol. The molecule has 3 heterocycles. The molecular formula is C36H50N4O9S2. The van der Waals surface area contributed by atoms with Gasteiger partial charge in [-0.25, -0.2) is 21.4 Å². The third kappa shape index (κ3) is 12.1. The molecule has 0 saturated heterocycles. The molecule has 280 valence electrons. The van der Waals surface area contributed by atoms with E-state index in [1.165, 1.54) is 31.8 Å². The van der Waals surface area contributed by atoms with E-state index in [1.54, 1.807) is 52.1 Å². The molecule has 0 unspecified atom stereocenters. The van der Waals surface area contributed by atoms with Crippen molar-refractivity contribution in [2.24, 2.45) is 0 Å². The summed E-state index contributed by atoms with van der Waals surface area (Å²) < 4.78 is 75.5. The highest BCUT2D eigenvalue weighted by Gasteiger charge is 2.40. The molecule has 2 aromatic heterocycles. The number of aromatic nitrogens is 2. The third-order valence-corrected chi connectivity index (χ3v) is 10.5. The molecule has 0 saturated carbocycles. The van der Waals surface area contributed by atoms with Crippen LogP contribution in [0.4, 0.5) is 5.69 Å². The Kier molecular flexibility index (Phi) is 15.1. The zero-order chi connectivity index (χ0) is 37.8. The summed E-state index contributed by atoms with van der Waals surface area (Å²) in [7, 11) is -8.94. The van der Waals surface area contributed by atoms with Gasteiger partial charge in [-0.1, -0.05) is 38.5 Å². The van der Waals surface area contributed by atoms with E-state index in [4.69, 9.17) is 9.52 Å². The monoisotopic (exact) mass is 746 g/mol. The van der Waals surface area contributed by atoms with E-state index >= 15 is 0 Å². The van der Waals surface area contributed by atoms with E-state index in [0.29, 0.717) is 48.6 Å². The van der Waals surface area contributed by atoms with Crippen LogP contribution < -0.4 is 14.4 Å². The van der Waals surface area contributed by atoms with Gasteiger partial charge >= 0.3 is 17.5 Å². The number of carbonyl (C=O) groups is 1. The van der Waals surface area contributed by atoms with Crippen molar-refractivity contribution in [3.05, 3.63) is 78.0 Å². The molecule has 4 rings (SSSR count). The van der Waals surface area contributed by atoms with Crippen LogP contribution in [-0.4, -0.2) is 73.9 Å². The number of carboxylic acid groups (broad SMARTS) is 1. The first kappa shape index (κ1) is 41.5. The number of allylic oxidation sites excluding steroid dienone is 5. The summed E-state index contributed by atoms with van der Waals surface area (Å²) in [6, 6.07) is 7.86. The number of hydrogen-bond donors (Lipinski definition) is 2. The summed E-state index contributed by atoms with van der Waals surface area (Å²) in [5.41, 5.74) is 2.80. The zero-order valence-electron chi connectivity index (χ0n) is 30.0. The van der Waals surface area contributed by atoms with Gasteiger partial charge in [-0.3, -0.25) is 4.79 Å². The highest BCUT2D eigenvalue weighted by atomic mass is 32.2. The largest absolute Gasteiger partial charge is 0.748 e. The Morgan fingerprint density at radius 2 is 1.71 bits per heavy atom. The molecule has 1 aliphatic heterocycles. The number of quaternary nitrogens is 1. The van der Waals surface area contributed by atoms with Crippen molar-refractivity contribution in [3.8, 4) is 0 Å². The molecule has 0 bridgehead atoms. The lowest BCUT2D eigenvalue weighted by Gasteiger charge is -2.27. The lowest BCUT2D eigenvalue weighted by molar-refractivity contribution is -0.894. The number of oxazole rings is 1. The topological polar surface area (TPSA) is 189 Å². The molecule has 15 heteroatoms. The molecule has 13 nitrogen and oxygen atoms in total. The Balaban J connectivity index is 0.000000908. The van der Waals surface area contributed by atoms with Crippen molar-refractivity contribution in [1.82, 2.24) is 4.98 Å². The fourth-order valence-corrected chi connectivity index (χ4v) is 6.98. The first-order valence-corrected chi connectivity index (χ1v) is 20.2. The number of hydrogen-bond acceptors (Lipinski definition) is 10. The van der Waals surface area contributed by atoms with Gasteiger partial charge in [0.05, 0.1) is 47.4 Å². The molecule has 0 amide bonds. The average Bonchev–Trinajstić information content (AvgIpc) is 3.57. The number of benzene rings is 1. The molecule has 0 fully saturated rings. The van der Waals surface area contributed by atoms with E-state index in [-0.39, 0.29) is 17.7 Å². The highest BCUT2D eigenvalue weighted by molar-refractivity contribution is 7.86. The van der Waals surface area contributed by atoms with Gasteiger partial charge in [0.2, 0.25) is 5.58 Å². The Morgan fingerprint density at radius 3 is 2.31 bits per heavy atom. The summed E-state index contributed by atoms with van der Waals surface area (Å²) >= 11 is 0. The number of pyridine rings is 1. The fraction of sp³-hybridized carbons (Fsp3) is 0.472. The smallest absolute Gasteiger partial charge is 0.370 e. The summed E-state index contributed by atoms with van der Waals surface area (Å²) in [5, 5.41) is 8.93. The summed E-state index contributed by atoms with van der Waals surface area (Å²) in [6.45, 7) is 15.3. The molecule has 0 spiro atoms. The Hall–Kier alpha value is -3.89. The maximum Gasteiger partial charge on any atom is 0.370 e. The molecule has 0 atom stereocenters. The van der Waals surface area contributed by atoms with Crippen LogP contribution in [0.25, 0.3) is 17.3 Å². The van der Waals surface area contributed by atoms with Crippen LogP contribution in [0.2, 0.25) is 0 Å². The number of aryl methyl sites for hydroxylation is 1. The van der Waals surface area contributed by atoms with Crippen LogP contribution >= 0.6 is 0 Å². The van der Waals surface area contributed by atoms with E-state index < -0.39 is 37.4 Å². The molecule has 51 heavy (non-hydrogen) atoms. The molecule has 0 aliphatic carbocycles. The van der Waals surface area contributed by atoms with Crippen molar-refractivity contribution in [2.45, 2.75) is 83.6 Å². The Bertz CT molecular complexity index is 1940. The minimum absolute atomic E-state index is 0.0937. The third-order valence-electron chi connectivity index (χ3n) is 8.87. The van der Waals surface area contributed by atoms with Gasteiger partial charge in [0.15, 0.2) is 0 Å².